The van der Waals surface area contributed by atoms with Gasteiger partial charge in [-0.2, -0.15) is 4.72 Å². The lowest BCUT2D eigenvalue weighted by Crippen LogP contribution is -2.45. The van der Waals surface area contributed by atoms with Crippen LogP contribution in [-0.2, 0) is 14.8 Å². The molecule has 0 aliphatic carbocycles. The number of hydrogen-bond donors (Lipinski definition) is 3. The Bertz CT molecular complexity index is 604. The lowest BCUT2D eigenvalue weighted by Gasteiger charge is -2.16. The van der Waals surface area contributed by atoms with Crippen LogP contribution in [-0.4, -0.2) is 25.6 Å². The van der Waals surface area contributed by atoms with E-state index in [0.29, 0.717) is 6.42 Å². The van der Waals surface area contributed by atoms with Gasteiger partial charge in [0.05, 0.1) is 4.90 Å². The van der Waals surface area contributed by atoms with Gasteiger partial charge in [0, 0.05) is 0 Å². The second kappa shape index (κ2) is 7.48. The van der Waals surface area contributed by atoms with Crippen molar-refractivity contribution in [3.63, 3.8) is 0 Å². The third-order valence-corrected chi connectivity index (χ3v) is 4.48. The Balaban J connectivity index is 2.99. The summed E-state index contributed by atoms with van der Waals surface area (Å²) in [7, 11) is -3.97. The van der Waals surface area contributed by atoms with Crippen molar-refractivity contribution in [1.82, 2.24) is 10.2 Å². The second-order valence-corrected chi connectivity index (χ2v) is 6.42. The molecule has 1 rings (SSSR count). The standard InChI is InChI=1S/C13H19FN2O4S/c1-3-4-5-12(13(17)15-18)16-21(19,20)10-6-7-11(14)9(2)8-10/h6-8,12,16,18H,3-5H2,1-2H3,(H,15,17)/t12-/m1/s1. The summed E-state index contributed by atoms with van der Waals surface area (Å²) in [6.07, 6.45) is 1.64. The maximum atomic E-state index is 13.2. The molecule has 21 heavy (non-hydrogen) atoms. The third-order valence-electron chi connectivity index (χ3n) is 3.01. The number of amides is 1. The SMILES string of the molecule is CCCC[C@@H](NS(=O)(=O)c1ccc(F)c(C)c1)C(=O)NO. The smallest absolute Gasteiger partial charge is 0.261 e. The maximum Gasteiger partial charge on any atom is 0.261 e. The lowest BCUT2D eigenvalue weighted by atomic mass is 10.1. The Morgan fingerprint density at radius 3 is 2.62 bits per heavy atom. The number of benzene rings is 1. The summed E-state index contributed by atoms with van der Waals surface area (Å²) >= 11 is 0. The van der Waals surface area contributed by atoms with Gasteiger partial charge in [0.25, 0.3) is 5.91 Å². The first-order valence-electron chi connectivity index (χ1n) is 6.54. The number of nitrogens with one attached hydrogen (secondary N) is 2. The summed E-state index contributed by atoms with van der Waals surface area (Å²) < 4.78 is 39.8. The predicted molar refractivity (Wildman–Crippen MR) is 74.7 cm³/mol. The number of unbranched alkanes of at least 4 members (excludes halogenated alkanes) is 1. The summed E-state index contributed by atoms with van der Waals surface area (Å²) in [6, 6.07) is 2.28. The molecule has 0 fully saturated rings. The van der Waals surface area contributed by atoms with Gasteiger partial charge in [0.15, 0.2) is 0 Å². The molecule has 0 spiro atoms. The van der Waals surface area contributed by atoms with Gasteiger partial charge in [-0.05, 0) is 37.1 Å². The van der Waals surface area contributed by atoms with Gasteiger partial charge in [-0.3, -0.25) is 10.0 Å². The molecule has 1 aromatic rings. The molecule has 3 N–H and O–H groups in total. The zero-order valence-electron chi connectivity index (χ0n) is 11.9. The van der Waals surface area contributed by atoms with Crippen LogP contribution in [0.15, 0.2) is 23.1 Å². The fourth-order valence-electron chi connectivity index (χ4n) is 1.77. The van der Waals surface area contributed by atoms with E-state index in [1.165, 1.54) is 18.5 Å². The quantitative estimate of drug-likeness (QED) is 0.524. The van der Waals surface area contributed by atoms with Crippen LogP contribution < -0.4 is 10.2 Å². The van der Waals surface area contributed by atoms with E-state index in [0.717, 1.165) is 18.6 Å². The van der Waals surface area contributed by atoms with Gasteiger partial charge in [0.1, 0.15) is 11.9 Å². The zero-order valence-corrected chi connectivity index (χ0v) is 12.7. The number of aryl methyl sites for hydroxylation is 1. The monoisotopic (exact) mass is 318 g/mol. The van der Waals surface area contributed by atoms with Crippen molar-refractivity contribution in [3.05, 3.63) is 29.6 Å². The minimum absolute atomic E-state index is 0.131. The number of halogens is 1. The highest BCUT2D eigenvalue weighted by Gasteiger charge is 2.25. The fourth-order valence-corrected chi connectivity index (χ4v) is 3.08. The number of carbonyl (C=O) groups excluding carboxylic acids is 1. The van der Waals surface area contributed by atoms with E-state index in [-0.39, 0.29) is 16.9 Å². The van der Waals surface area contributed by atoms with Crippen molar-refractivity contribution in [2.75, 3.05) is 0 Å². The van der Waals surface area contributed by atoms with Crippen LogP contribution in [0.25, 0.3) is 0 Å². The van der Waals surface area contributed by atoms with Gasteiger partial charge in [-0.25, -0.2) is 18.3 Å². The first-order valence-corrected chi connectivity index (χ1v) is 8.02. The molecule has 1 atom stereocenters. The Morgan fingerprint density at radius 1 is 1.43 bits per heavy atom. The number of rotatable bonds is 7. The molecule has 1 amide bonds. The number of carbonyl (C=O) groups is 1. The number of hydrogen-bond acceptors (Lipinski definition) is 4. The van der Waals surface area contributed by atoms with Crippen LogP contribution >= 0.6 is 0 Å². The summed E-state index contributed by atoms with van der Waals surface area (Å²) in [5.74, 6) is -1.34. The molecule has 0 radical (unpaired) electrons. The van der Waals surface area contributed by atoms with Crippen molar-refractivity contribution in [1.29, 1.82) is 0 Å². The highest BCUT2D eigenvalue weighted by molar-refractivity contribution is 7.89. The van der Waals surface area contributed by atoms with Crippen molar-refractivity contribution in [2.45, 2.75) is 44.0 Å². The summed E-state index contributed by atoms with van der Waals surface area (Å²) in [5, 5.41) is 8.67. The largest absolute Gasteiger partial charge is 0.289 e. The van der Waals surface area contributed by atoms with Crippen LogP contribution in [0, 0.1) is 12.7 Å². The molecular formula is C13H19FN2O4S. The highest BCUT2D eigenvalue weighted by atomic mass is 32.2. The average molecular weight is 318 g/mol. The molecule has 0 saturated heterocycles. The first kappa shape index (κ1) is 17.5. The summed E-state index contributed by atoms with van der Waals surface area (Å²) in [6.45, 7) is 3.34. The van der Waals surface area contributed by atoms with Crippen LogP contribution in [0.2, 0.25) is 0 Å². The van der Waals surface area contributed by atoms with Crippen LogP contribution in [0.3, 0.4) is 0 Å². The second-order valence-electron chi connectivity index (χ2n) is 4.70. The van der Waals surface area contributed by atoms with Crippen LogP contribution in [0.5, 0.6) is 0 Å². The Labute approximate surface area is 123 Å². The zero-order chi connectivity index (χ0) is 16.0. The molecule has 6 nitrogen and oxygen atoms in total. The topological polar surface area (TPSA) is 95.5 Å². The van der Waals surface area contributed by atoms with Gasteiger partial charge in [-0.15, -0.1) is 0 Å². The van der Waals surface area contributed by atoms with Crippen LogP contribution in [0.4, 0.5) is 4.39 Å². The molecule has 118 valence electrons. The summed E-state index contributed by atoms with van der Waals surface area (Å²) in [5.41, 5.74) is 1.63. The van der Waals surface area contributed by atoms with Crippen molar-refractivity contribution in [3.8, 4) is 0 Å². The minimum atomic E-state index is -3.97. The Hall–Kier alpha value is -1.51. The van der Waals surface area contributed by atoms with E-state index in [1.807, 2.05) is 6.92 Å². The molecule has 0 aliphatic heterocycles. The fraction of sp³-hybridized carbons (Fsp3) is 0.462. The number of sulfonamides is 1. The van der Waals surface area contributed by atoms with Gasteiger partial charge in [0.2, 0.25) is 10.0 Å². The van der Waals surface area contributed by atoms with Gasteiger partial charge >= 0.3 is 0 Å². The molecule has 0 unspecified atom stereocenters. The molecule has 0 aromatic heterocycles. The molecule has 0 heterocycles. The van der Waals surface area contributed by atoms with E-state index in [9.17, 15) is 17.6 Å². The molecule has 0 aliphatic rings. The van der Waals surface area contributed by atoms with Crippen LogP contribution in [0.1, 0.15) is 31.7 Å². The summed E-state index contributed by atoms with van der Waals surface area (Å²) in [4.78, 5) is 11.4. The molecule has 1 aromatic carbocycles. The molecular weight excluding hydrogens is 299 g/mol. The Morgan fingerprint density at radius 2 is 2.10 bits per heavy atom. The van der Waals surface area contributed by atoms with Crippen molar-refractivity contribution >= 4 is 15.9 Å². The van der Waals surface area contributed by atoms with Gasteiger partial charge < -0.3 is 0 Å². The van der Waals surface area contributed by atoms with E-state index >= 15 is 0 Å². The molecule has 0 bridgehead atoms. The maximum absolute atomic E-state index is 13.2. The van der Waals surface area contributed by atoms with Crippen molar-refractivity contribution in [2.24, 2.45) is 0 Å². The van der Waals surface area contributed by atoms with Crippen molar-refractivity contribution < 1.29 is 22.8 Å². The van der Waals surface area contributed by atoms with E-state index < -0.39 is 27.8 Å². The van der Waals surface area contributed by atoms with Gasteiger partial charge in [-0.1, -0.05) is 19.8 Å². The Kier molecular flexibility index (Phi) is 6.25. The minimum Gasteiger partial charge on any atom is -0.289 e. The van der Waals surface area contributed by atoms with E-state index in [4.69, 9.17) is 5.21 Å². The molecule has 8 heteroatoms. The first-order chi connectivity index (χ1) is 9.81. The van der Waals surface area contributed by atoms with E-state index in [2.05, 4.69) is 4.72 Å². The normalized spacial score (nSPS) is 13.0. The highest BCUT2D eigenvalue weighted by Crippen LogP contribution is 2.15. The number of hydroxylamine groups is 1. The average Bonchev–Trinajstić information content (AvgIpc) is 2.45. The third kappa shape index (κ3) is 4.76. The van der Waals surface area contributed by atoms with E-state index in [1.54, 1.807) is 0 Å². The lowest BCUT2D eigenvalue weighted by molar-refractivity contribution is -0.131. The molecule has 0 saturated carbocycles. The predicted octanol–water partition coefficient (Wildman–Crippen LogP) is 1.48.